The minimum Gasteiger partial charge on any atom is -0.380 e. The van der Waals surface area contributed by atoms with Crippen LogP contribution in [-0.4, -0.2) is 10.9 Å². The fourth-order valence-electron chi connectivity index (χ4n) is 1.88. The first-order valence-corrected chi connectivity index (χ1v) is 6.25. The maximum atomic E-state index is 12.5. The van der Waals surface area contributed by atoms with Crippen LogP contribution in [0.5, 0.6) is 0 Å². The minimum absolute atomic E-state index is 0.133. The topological polar surface area (TPSA) is 37.3 Å². The summed E-state index contributed by atoms with van der Waals surface area (Å²) in [6.45, 7) is 1.86. The SMILES string of the molecule is Cc1ccc(C(=O)C(O)c2ccc(C(F)(F)F)cc2)cc1. The van der Waals surface area contributed by atoms with Crippen molar-refractivity contribution < 1.29 is 23.1 Å². The van der Waals surface area contributed by atoms with E-state index in [1.807, 2.05) is 6.92 Å². The Morgan fingerprint density at radius 1 is 1.00 bits per heavy atom. The lowest BCUT2D eigenvalue weighted by Gasteiger charge is -2.12. The van der Waals surface area contributed by atoms with Gasteiger partial charge in [0.2, 0.25) is 0 Å². The van der Waals surface area contributed by atoms with Crippen LogP contribution in [0.1, 0.15) is 33.2 Å². The Morgan fingerprint density at radius 3 is 2.00 bits per heavy atom. The molecule has 110 valence electrons. The van der Waals surface area contributed by atoms with Gasteiger partial charge >= 0.3 is 6.18 Å². The first-order valence-electron chi connectivity index (χ1n) is 6.25. The molecule has 0 spiro atoms. The fourth-order valence-corrected chi connectivity index (χ4v) is 1.88. The summed E-state index contributed by atoms with van der Waals surface area (Å²) in [4.78, 5) is 12.1. The molecule has 2 aromatic rings. The van der Waals surface area contributed by atoms with Crippen molar-refractivity contribution in [1.82, 2.24) is 0 Å². The van der Waals surface area contributed by atoms with Gasteiger partial charge in [-0.05, 0) is 24.6 Å². The van der Waals surface area contributed by atoms with Crippen LogP contribution in [-0.2, 0) is 6.18 Å². The van der Waals surface area contributed by atoms with Gasteiger partial charge in [0.15, 0.2) is 5.78 Å². The molecular formula is C16H13F3O2. The van der Waals surface area contributed by atoms with E-state index < -0.39 is 23.6 Å². The van der Waals surface area contributed by atoms with Crippen molar-refractivity contribution in [1.29, 1.82) is 0 Å². The fraction of sp³-hybridized carbons (Fsp3) is 0.188. The summed E-state index contributed by atoms with van der Waals surface area (Å²) in [5, 5.41) is 9.97. The van der Waals surface area contributed by atoms with E-state index in [-0.39, 0.29) is 5.56 Å². The maximum absolute atomic E-state index is 12.5. The predicted molar refractivity (Wildman–Crippen MR) is 71.9 cm³/mol. The number of hydrogen-bond acceptors (Lipinski definition) is 2. The molecule has 0 aliphatic heterocycles. The van der Waals surface area contributed by atoms with E-state index in [1.165, 1.54) is 0 Å². The highest BCUT2D eigenvalue weighted by molar-refractivity contribution is 5.99. The maximum Gasteiger partial charge on any atom is 0.416 e. The number of benzene rings is 2. The second-order valence-corrected chi connectivity index (χ2v) is 4.75. The van der Waals surface area contributed by atoms with Crippen molar-refractivity contribution in [2.75, 3.05) is 0 Å². The molecule has 0 saturated carbocycles. The number of aryl methyl sites for hydroxylation is 1. The molecule has 0 fully saturated rings. The third kappa shape index (κ3) is 3.49. The Balaban J connectivity index is 2.21. The van der Waals surface area contributed by atoms with E-state index in [9.17, 15) is 23.1 Å². The van der Waals surface area contributed by atoms with Crippen molar-refractivity contribution in [3.63, 3.8) is 0 Å². The first kappa shape index (κ1) is 15.3. The average Bonchev–Trinajstić information content (AvgIpc) is 2.46. The lowest BCUT2D eigenvalue weighted by Crippen LogP contribution is -2.13. The van der Waals surface area contributed by atoms with E-state index in [2.05, 4.69) is 0 Å². The molecule has 1 atom stereocenters. The van der Waals surface area contributed by atoms with Crippen LogP contribution in [0.2, 0.25) is 0 Å². The first-order chi connectivity index (χ1) is 9.79. The Hall–Kier alpha value is -2.14. The van der Waals surface area contributed by atoms with Crippen LogP contribution in [0.25, 0.3) is 0 Å². The molecular weight excluding hydrogens is 281 g/mol. The Bertz CT molecular complexity index is 628. The molecule has 0 heterocycles. The van der Waals surface area contributed by atoms with Gasteiger partial charge in [0.25, 0.3) is 0 Å². The van der Waals surface area contributed by atoms with Gasteiger partial charge in [-0.3, -0.25) is 4.79 Å². The lowest BCUT2D eigenvalue weighted by atomic mass is 9.98. The third-order valence-electron chi connectivity index (χ3n) is 3.14. The number of aliphatic hydroxyl groups excluding tert-OH is 1. The zero-order valence-electron chi connectivity index (χ0n) is 11.2. The number of Topliss-reactive ketones (excluding diaryl/α,β-unsaturated/α-hetero) is 1. The molecule has 1 N–H and O–H groups in total. The lowest BCUT2D eigenvalue weighted by molar-refractivity contribution is -0.137. The summed E-state index contributed by atoms with van der Waals surface area (Å²) in [6.07, 6.45) is -5.92. The van der Waals surface area contributed by atoms with Crippen molar-refractivity contribution in [2.24, 2.45) is 0 Å². The van der Waals surface area contributed by atoms with E-state index in [0.717, 1.165) is 29.8 Å². The summed E-state index contributed by atoms with van der Waals surface area (Å²) in [5.41, 5.74) is 0.596. The molecule has 5 heteroatoms. The summed E-state index contributed by atoms with van der Waals surface area (Å²) in [7, 11) is 0. The number of hydrogen-bond donors (Lipinski definition) is 1. The second-order valence-electron chi connectivity index (χ2n) is 4.75. The number of carbonyl (C=O) groups is 1. The zero-order chi connectivity index (χ0) is 15.6. The number of alkyl halides is 3. The number of aliphatic hydroxyl groups is 1. The molecule has 0 saturated heterocycles. The van der Waals surface area contributed by atoms with Crippen LogP contribution in [0.4, 0.5) is 13.2 Å². The number of rotatable bonds is 3. The van der Waals surface area contributed by atoms with Gasteiger partial charge in [0.1, 0.15) is 6.10 Å². The zero-order valence-corrected chi connectivity index (χ0v) is 11.2. The molecule has 2 rings (SSSR count). The van der Waals surface area contributed by atoms with Crippen molar-refractivity contribution in [3.05, 3.63) is 70.8 Å². The van der Waals surface area contributed by atoms with Gasteiger partial charge in [0, 0.05) is 5.56 Å². The quantitative estimate of drug-likeness (QED) is 0.871. The van der Waals surface area contributed by atoms with Crippen LogP contribution in [0.15, 0.2) is 48.5 Å². The monoisotopic (exact) mass is 294 g/mol. The van der Waals surface area contributed by atoms with E-state index in [4.69, 9.17) is 0 Å². The van der Waals surface area contributed by atoms with Crippen LogP contribution < -0.4 is 0 Å². The van der Waals surface area contributed by atoms with Crippen molar-refractivity contribution in [2.45, 2.75) is 19.2 Å². The predicted octanol–water partition coefficient (Wildman–Crippen LogP) is 3.93. The standard InChI is InChI=1S/C16H13F3O2/c1-10-2-4-11(5-3-10)14(20)15(21)12-6-8-13(9-7-12)16(17,18)19/h2-9,15,21H,1H3. The summed E-state index contributed by atoms with van der Waals surface area (Å²) in [6, 6.07) is 10.5. The van der Waals surface area contributed by atoms with Crippen LogP contribution >= 0.6 is 0 Å². The summed E-state index contributed by atoms with van der Waals surface area (Å²) >= 11 is 0. The van der Waals surface area contributed by atoms with Crippen molar-refractivity contribution >= 4 is 5.78 Å². The van der Waals surface area contributed by atoms with Gasteiger partial charge in [0.05, 0.1) is 5.56 Å². The van der Waals surface area contributed by atoms with Gasteiger partial charge in [-0.1, -0.05) is 42.0 Å². The number of halogens is 3. The number of carbonyl (C=O) groups excluding carboxylic acids is 1. The molecule has 2 aromatic carbocycles. The molecule has 1 unspecified atom stereocenters. The molecule has 2 nitrogen and oxygen atoms in total. The summed E-state index contributed by atoms with van der Waals surface area (Å²) in [5.74, 6) is -0.547. The molecule has 0 aromatic heterocycles. The second kappa shape index (κ2) is 5.69. The molecule has 0 radical (unpaired) electrons. The van der Waals surface area contributed by atoms with Gasteiger partial charge < -0.3 is 5.11 Å². The Morgan fingerprint density at radius 2 is 1.52 bits per heavy atom. The van der Waals surface area contributed by atoms with Crippen LogP contribution in [0, 0.1) is 6.92 Å². The normalized spacial score (nSPS) is 13.0. The molecule has 0 bridgehead atoms. The summed E-state index contributed by atoms with van der Waals surface area (Å²) < 4.78 is 37.4. The Kier molecular flexibility index (Phi) is 4.14. The smallest absolute Gasteiger partial charge is 0.380 e. The van der Waals surface area contributed by atoms with Gasteiger partial charge in [-0.15, -0.1) is 0 Å². The average molecular weight is 294 g/mol. The molecule has 21 heavy (non-hydrogen) atoms. The largest absolute Gasteiger partial charge is 0.416 e. The van der Waals surface area contributed by atoms with E-state index in [1.54, 1.807) is 24.3 Å². The highest BCUT2D eigenvalue weighted by Gasteiger charge is 2.30. The number of ketones is 1. The third-order valence-corrected chi connectivity index (χ3v) is 3.14. The van der Waals surface area contributed by atoms with Crippen molar-refractivity contribution in [3.8, 4) is 0 Å². The van der Waals surface area contributed by atoms with Crippen LogP contribution in [0.3, 0.4) is 0 Å². The van der Waals surface area contributed by atoms with Gasteiger partial charge in [-0.2, -0.15) is 13.2 Å². The van der Waals surface area contributed by atoms with Gasteiger partial charge in [-0.25, -0.2) is 0 Å². The highest BCUT2D eigenvalue weighted by atomic mass is 19.4. The Labute approximate surface area is 119 Å². The van der Waals surface area contributed by atoms with E-state index >= 15 is 0 Å². The minimum atomic E-state index is -4.44. The van der Waals surface area contributed by atoms with E-state index in [0.29, 0.717) is 5.56 Å². The molecule has 0 aliphatic carbocycles. The molecule has 0 aliphatic rings. The molecule has 0 amide bonds. The highest BCUT2D eigenvalue weighted by Crippen LogP contribution is 2.30.